The molecule has 0 aromatic carbocycles. The van der Waals surface area contributed by atoms with Gasteiger partial charge >= 0.3 is 6.18 Å². The fourth-order valence-corrected chi connectivity index (χ4v) is 0.853. The Morgan fingerprint density at radius 2 is 2.00 bits per heavy atom. The molecule has 14 heavy (non-hydrogen) atoms. The summed E-state index contributed by atoms with van der Waals surface area (Å²) in [5, 5.41) is 3.56. The Hall–Kier alpha value is -1.07. The Labute approximate surface area is 79.3 Å². The van der Waals surface area contributed by atoms with Gasteiger partial charge in [0.25, 0.3) is 0 Å². The van der Waals surface area contributed by atoms with Gasteiger partial charge in [-0.3, -0.25) is 0 Å². The topological polar surface area (TPSA) is 38.9 Å². The molecule has 0 spiro atoms. The molecule has 0 atom stereocenters. The molecule has 0 fully saturated rings. The van der Waals surface area contributed by atoms with Crippen molar-refractivity contribution in [3.8, 4) is 0 Å². The van der Waals surface area contributed by atoms with Crippen LogP contribution in [-0.2, 0) is 6.42 Å². The SMILES string of the molecule is CC(C)c1noc(CCC(F)(F)F)n1. The summed E-state index contributed by atoms with van der Waals surface area (Å²) in [5.41, 5.74) is 0. The molecule has 0 saturated heterocycles. The summed E-state index contributed by atoms with van der Waals surface area (Å²) < 4.78 is 40.1. The third-order valence-corrected chi connectivity index (χ3v) is 1.62. The van der Waals surface area contributed by atoms with E-state index in [-0.39, 0.29) is 18.2 Å². The molecule has 0 unspecified atom stereocenters. The summed E-state index contributed by atoms with van der Waals surface area (Å²) in [6, 6.07) is 0. The lowest BCUT2D eigenvalue weighted by atomic mass is 10.2. The minimum Gasteiger partial charge on any atom is -0.339 e. The highest BCUT2D eigenvalue weighted by Gasteiger charge is 2.27. The molecule has 1 heterocycles. The average molecular weight is 208 g/mol. The first-order valence-corrected chi connectivity index (χ1v) is 4.27. The molecule has 0 N–H and O–H groups in total. The maximum absolute atomic E-state index is 11.8. The van der Waals surface area contributed by atoms with E-state index in [1.165, 1.54) is 0 Å². The predicted molar refractivity (Wildman–Crippen MR) is 42.8 cm³/mol. The fraction of sp³-hybridized carbons (Fsp3) is 0.750. The van der Waals surface area contributed by atoms with Crippen LogP contribution >= 0.6 is 0 Å². The maximum atomic E-state index is 11.8. The fourth-order valence-electron chi connectivity index (χ4n) is 0.853. The number of aryl methyl sites for hydroxylation is 1. The second-order valence-electron chi connectivity index (χ2n) is 3.32. The number of nitrogens with zero attached hydrogens (tertiary/aromatic N) is 2. The minimum atomic E-state index is -4.17. The van der Waals surface area contributed by atoms with Gasteiger partial charge in [0, 0.05) is 12.3 Å². The van der Waals surface area contributed by atoms with Gasteiger partial charge in [0.1, 0.15) is 0 Å². The quantitative estimate of drug-likeness (QED) is 0.766. The lowest BCUT2D eigenvalue weighted by molar-refractivity contribution is -0.134. The highest BCUT2D eigenvalue weighted by atomic mass is 19.4. The van der Waals surface area contributed by atoms with E-state index >= 15 is 0 Å². The van der Waals surface area contributed by atoms with Crippen molar-refractivity contribution in [2.24, 2.45) is 0 Å². The van der Waals surface area contributed by atoms with Crippen LogP contribution in [0.2, 0.25) is 0 Å². The smallest absolute Gasteiger partial charge is 0.339 e. The van der Waals surface area contributed by atoms with Gasteiger partial charge in [0.05, 0.1) is 6.42 Å². The van der Waals surface area contributed by atoms with Crippen molar-refractivity contribution >= 4 is 0 Å². The van der Waals surface area contributed by atoms with Crippen molar-refractivity contribution in [1.82, 2.24) is 10.1 Å². The van der Waals surface area contributed by atoms with Gasteiger partial charge in [-0.15, -0.1) is 0 Å². The standard InChI is InChI=1S/C8H11F3N2O/c1-5(2)7-12-6(14-13-7)3-4-8(9,10)11/h5H,3-4H2,1-2H3. The second kappa shape index (κ2) is 3.98. The van der Waals surface area contributed by atoms with Crippen molar-refractivity contribution in [2.45, 2.75) is 38.8 Å². The number of alkyl halides is 3. The van der Waals surface area contributed by atoms with Gasteiger partial charge in [-0.05, 0) is 0 Å². The van der Waals surface area contributed by atoms with E-state index in [4.69, 9.17) is 0 Å². The van der Waals surface area contributed by atoms with Gasteiger partial charge in [0.15, 0.2) is 5.82 Å². The van der Waals surface area contributed by atoms with E-state index in [2.05, 4.69) is 14.7 Å². The molecule has 0 bridgehead atoms. The van der Waals surface area contributed by atoms with Crippen LogP contribution in [0.25, 0.3) is 0 Å². The van der Waals surface area contributed by atoms with Crippen LogP contribution in [0.3, 0.4) is 0 Å². The number of aromatic nitrogens is 2. The molecule has 0 aliphatic heterocycles. The zero-order valence-corrected chi connectivity index (χ0v) is 7.93. The summed E-state index contributed by atoms with van der Waals surface area (Å²) in [6.45, 7) is 3.69. The molecular formula is C8H11F3N2O. The van der Waals surface area contributed by atoms with E-state index < -0.39 is 12.6 Å². The minimum absolute atomic E-state index is 0.0472. The Morgan fingerprint density at radius 1 is 1.36 bits per heavy atom. The lowest BCUT2D eigenvalue weighted by Crippen LogP contribution is -2.08. The first kappa shape index (κ1) is 11.0. The van der Waals surface area contributed by atoms with E-state index in [0.717, 1.165) is 0 Å². The van der Waals surface area contributed by atoms with Gasteiger partial charge < -0.3 is 4.52 Å². The highest BCUT2D eigenvalue weighted by Crippen LogP contribution is 2.22. The molecule has 0 radical (unpaired) electrons. The van der Waals surface area contributed by atoms with Crippen LogP contribution in [0.5, 0.6) is 0 Å². The van der Waals surface area contributed by atoms with Gasteiger partial charge in [-0.25, -0.2) is 0 Å². The Bertz CT molecular complexity index is 293. The molecule has 1 rings (SSSR count). The van der Waals surface area contributed by atoms with Crippen molar-refractivity contribution in [2.75, 3.05) is 0 Å². The molecule has 0 aliphatic rings. The van der Waals surface area contributed by atoms with Gasteiger partial charge in [0.2, 0.25) is 5.89 Å². The Kier molecular flexibility index (Phi) is 3.13. The third kappa shape index (κ3) is 3.35. The summed E-state index contributed by atoms with van der Waals surface area (Å²) in [5.74, 6) is 0.562. The molecule has 80 valence electrons. The summed E-state index contributed by atoms with van der Waals surface area (Å²) in [4.78, 5) is 3.84. The maximum Gasteiger partial charge on any atom is 0.389 e. The van der Waals surface area contributed by atoms with E-state index in [1.54, 1.807) is 0 Å². The average Bonchev–Trinajstić information content (AvgIpc) is 2.47. The second-order valence-corrected chi connectivity index (χ2v) is 3.32. The predicted octanol–water partition coefficient (Wildman–Crippen LogP) is 2.69. The third-order valence-electron chi connectivity index (χ3n) is 1.62. The summed E-state index contributed by atoms with van der Waals surface area (Å²) >= 11 is 0. The van der Waals surface area contributed by atoms with Crippen LogP contribution in [0, 0.1) is 0 Å². The molecule has 1 aromatic heterocycles. The largest absolute Gasteiger partial charge is 0.389 e. The van der Waals surface area contributed by atoms with Crippen LogP contribution in [-0.4, -0.2) is 16.3 Å². The van der Waals surface area contributed by atoms with E-state index in [9.17, 15) is 13.2 Å². The number of hydrogen-bond donors (Lipinski definition) is 0. The molecule has 3 nitrogen and oxygen atoms in total. The first-order valence-electron chi connectivity index (χ1n) is 4.27. The van der Waals surface area contributed by atoms with Crippen molar-refractivity contribution in [1.29, 1.82) is 0 Å². The van der Waals surface area contributed by atoms with E-state index in [0.29, 0.717) is 5.82 Å². The first-order chi connectivity index (χ1) is 6.38. The van der Waals surface area contributed by atoms with Crippen LogP contribution in [0.4, 0.5) is 13.2 Å². The van der Waals surface area contributed by atoms with Crippen molar-refractivity contribution in [3.05, 3.63) is 11.7 Å². The number of hydrogen-bond acceptors (Lipinski definition) is 3. The van der Waals surface area contributed by atoms with Crippen molar-refractivity contribution in [3.63, 3.8) is 0 Å². The monoisotopic (exact) mass is 208 g/mol. The molecule has 0 amide bonds. The zero-order valence-electron chi connectivity index (χ0n) is 7.93. The molecule has 1 aromatic rings. The molecular weight excluding hydrogens is 197 g/mol. The Morgan fingerprint density at radius 3 is 2.43 bits per heavy atom. The highest BCUT2D eigenvalue weighted by molar-refractivity contribution is 4.91. The normalized spacial score (nSPS) is 12.4. The zero-order chi connectivity index (χ0) is 10.8. The lowest BCUT2D eigenvalue weighted by Gasteiger charge is -2.01. The summed E-state index contributed by atoms with van der Waals surface area (Å²) in [6.07, 6.45) is -5.34. The Balaban J connectivity index is 2.52. The van der Waals surface area contributed by atoms with Gasteiger partial charge in [-0.2, -0.15) is 18.2 Å². The number of rotatable bonds is 3. The summed E-state index contributed by atoms with van der Waals surface area (Å²) in [7, 11) is 0. The van der Waals surface area contributed by atoms with E-state index in [1.807, 2.05) is 13.8 Å². The van der Waals surface area contributed by atoms with Crippen LogP contribution in [0.1, 0.15) is 37.9 Å². The van der Waals surface area contributed by atoms with Crippen LogP contribution < -0.4 is 0 Å². The van der Waals surface area contributed by atoms with Gasteiger partial charge in [-0.1, -0.05) is 19.0 Å². The molecule has 0 saturated carbocycles. The number of halogens is 3. The molecule has 0 aliphatic carbocycles. The van der Waals surface area contributed by atoms with Crippen molar-refractivity contribution < 1.29 is 17.7 Å². The molecule has 6 heteroatoms. The van der Waals surface area contributed by atoms with Crippen LogP contribution in [0.15, 0.2) is 4.52 Å².